The molecule has 2 nitrogen and oxygen atoms in total. The van der Waals surface area contributed by atoms with E-state index in [0.717, 1.165) is 19.4 Å². The second-order valence-corrected chi connectivity index (χ2v) is 4.94. The number of hydrogen-bond donors (Lipinski definition) is 1. The van der Waals surface area contributed by atoms with E-state index in [4.69, 9.17) is 0 Å². The molecule has 1 saturated carbocycles. The lowest BCUT2D eigenvalue weighted by atomic mass is 10.00. The minimum atomic E-state index is 0.00722. The lowest BCUT2D eigenvalue weighted by molar-refractivity contribution is -0.121. The van der Waals surface area contributed by atoms with Crippen molar-refractivity contribution >= 4 is 5.78 Å². The molecule has 0 radical (unpaired) electrons. The maximum absolute atomic E-state index is 11.2. The zero-order chi connectivity index (χ0) is 9.41. The van der Waals surface area contributed by atoms with E-state index in [1.54, 1.807) is 6.92 Å². The van der Waals surface area contributed by atoms with Crippen LogP contribution in [0.25, 0.3) is 0 Å². The van der Waals surface area contributed by atoms with E-state index >= 15 is 0 Å². The molecule has 2 heteroatoms. The van der Waals surface area contributed by atoms with Crippen molar-refractivity contribution < 1.29 is 4.79 Å². The second-order valence-electron chi connectivity index (χ2n) is 4.94. The Balaban J connectivity index is 2.37. The number of ketones is 1. The van der Waals surface area contributed by atoms with Crippen LogP contribution in [0.5, 0.6) is 0 Å². The van der Waals surface area contributed by atoms with Gasteiger partial charge in [-0.15, -0.1) is 0 Å². The third kappa shape index (κ3) is 2.31. The Labute approximate surface area is 74.7 Å². The Bertz CT molecular complexity index is 187. The molecule has 0 aliphatic heterocycles. The molecule has 12 heavy (non-hydrogen) atoms. The van der Waals surface area contributed by atoms with Crippen molar-refractivity contribution in [3.63, 3.8) is 0 Å². The Hall–Kier alpha value is -0.370. The van der Waals surface area contributed by atoms with Crippen molar-refractivity contribution in [2.45, 2.75) is 46.1 Å². The van der Waals surface area contributed by atoms with Gasteiger partial charge in [0.05, 0.1) is 0 Å². The molecule has 0 saturated heterocycles. The molecule has 1 fully saturated rings. The first kappa shape index (κ1) is 9.72. The fourth-order valence-electron chi connectivity index (χ4n) is 1.24. The van der Waals surface area contributed by atoms with Crippen LogP contribution in [0.2, 0.25) is 0 Å². The molecule has 0 aromatic heterocycles. The van der Waals surface area contributed by atoms with Gasteiger partial charge < -0.3 is 5.32 Å². The summed E-state index contributed by atoms with van der Waals surface area (Å²) in [4.78, 5) is 11.2. The average molecular weight is 169 g/mol. The number of carbonyl (C=O) groups excluding carboxylic acids is 1. The molecule has 1 N–H and O–H groups in total. The van der Waals surface area contributed by atoms with E-state index in [-0.39, 0.29) is 11.0 Å². The van der Waals surface area contributed by atoms with Crippen LogP contribution in [0.4, 0.5) is 0 Å². The summed E-state index contributed by atoms with van der Waals surface area (Å²) in [6, 6.07) is 0. The third-order valence-electron chi connectivity index (χ3n) is 2.56. The summed E-state index contributed by atoms with van der Waals surface area (Å²) >= 11 is 0. The van der Waals surface area contributed by atoms with Gasteiger partial charge in [0.15, 0.2) is 0 Å². The van der Waals surface area contributed by atoms with Gasteiger partial charge in [0.25, 0.3) is 0 Å². The smallest absolute Gasteiger partial charge is 0.137 e. The highest BCUT2D eigenvalue weighted by Gasteiger charge is 2.47. The van der Waals surface area contributed by atoms with Gasteiger partial charge in [-0.3, -0.25) is 4.79 Å². The molecule has 0 unspecified atom stereocenters. The van der Waals surface area contributed by atoms with Gasteiger partial charge in [-0.2, -0.15) is 0 Å². The highest BCUT2D eigenvalue weighted by atomic mass is 16.1. The van der Waals surface area contributed by atoms with Crippen molar-refractivity contribution in [3.05, 3.63) is 0 Å². The third-order valence-corrected chi connectivity index (χ3v) is 2.56. The van der Waals surface area contributed by atoms with Gasteiger partial charge in [-0.05, 0) is 40.5 Å². The minimum absolute atomic E-state index is 0.00722. The molecule has 0 spiro atoms. The molecule has 1 rings (SSSR count). The molecule has 0 aromatic carbocycles. The summed E-state index contributed by atoms with van der Waals surface area (Å²) in [5.74, 6) is 0.347. The molecule has 0 amide bonds. The van der Waals surface area contributed by atoms with E-state index < -0.39 is 0 Å². The van der Waals surface area contributed by atoms with Crippen LogP contribution in [-0.4, -0.2) is 17.9 Å². The number of rotatable bonds is 3. The van der Waals surface area contributed by atoms with Crippen LogP contribution < -0.4 is 5.32 Å². The summed E-state index contributed by atoms with van der Waals surface area (Å²) in [5.41, 5.74) is 0.137. The molecule has 0 aromatic rings. The van der Waals surface area contributed by atoms with Gasteiger partial charge in [-0.25, -0.2) is 0 Å². The standard InChI is InChI=1S/C10H19NO/c1-8(12)10(5-6-10)7-11-9(2,3)4/h11H,5-7H2,1-4H3. The Morgan fingerprint density at radius 3 is 2.17 bits per heavy atom. The van der Waals surface area contributed by atoms with Crippen LogP contribution in [0, 0.1) is 5.41 Å². The molecule has 70 valence electrons. The first-order valence-electron chi connectivity index (χ1n) is 4.62. The highest BCUT2D eigenvalue weighted by molar-refractivity contribution is 5.85. The van der Waals surface area contributed by atoms with Gasteiger partial charge in [-0.1, -0.05) is 0 Å². The van der Waals surface area contributed by atoms with Crippen LogP contribution in [0.1, 0.15) is 40.5 Å². The normalized spacial score (nSPS) is 20.7. The molecular weight excluding hydrogens is 150 g/mol. The lowest BCUT2D eigenvalue weighted by Crippen LogP contribution is -2.41. The highest BCUT2D eigenvalue weighted by Crippen LogP contribution is 2.45. The summed E-state index contributed by atoms with van der Waals surface area (Å²) in [7, 11) is 0. The summed E-state index contributed by atoms with van der Waals surface area (Å²) in [6.45, 7) is 8.94. The summed E-state index contributed by atoms with van der Waals surface area (Å²) in [6.07, 6.45) is 2.15. The Morgan fingerprint density at radius 2 is 1.92 bits per heavy atom. The van der Waals surface area contributed by atoms with Crippen molar-refractivity contribution in [1.29, 1.82) is 0 Å². The van der Waals surface area contributed by atoms with Crippen LogP contribution in [0.15, 0.2) is 0 Å². The van der Waals surface area contributed by atoms with Gasteiger partial charge in [0.2, 0.25) is 0 Å². The molecule has 1 aliphatic rings. The predicted molar refractivity (Wildman–Crippen MR) is 50.1 cm³/mol. The Morgan fingerprint density at radius 1 is 1.42 bits per heavy atom. The van der Waals surface area contributed by atoms with E-state index in [1.807, 2.05) is 0 Å². The average Bonchev–Trinajstić information content (AvgIpc) is 2.61. The van der Waals surface area contributed by atoms with E-state index in [2.05, 4.69) is 26.1 Å². The second kappa shape index (κ2) is 2.84. The molecule has 0 bridgehead atoms. The maximum atomic E-state index is 11.2. The van der Waals surface area contributed by atoms with E-state index in [1.165, 1.54) is 0 Å². The SMILES string of the molecule is CC(=O)C1(CNC(C)(C)C)CC1. The van der Waals surface area contributed by atoms with Crippen molar-refractivity contribution in [2.24, 2.45) is 5.41 Å². The van der Waals surface area contributed by atoms with Crippen molar-refractivity contribution in [1.82, 2.24) is 5.32 Å². The molecule has 0 heterocycles. The zero-order valence-corrected chi connectivity index (χ0v) is 8.53. The van der Waals surface area contributed by atoms with Gasteiger partial charge in [0.1, 0.15) is 5.78 Å². The summed E-state index contributed by atoms with van der Waals surface area (Å²) < 4.78 is 0. The predicted octanol–water partition coefficient (Wildman–Crippen LogP) is 1.74. The quantitative estimate of drug-likeness (QED) is 0.697. The monoisotopic (exact) mass is 169 g/mol. The summed E-state index contributed by atoms with van der Waals surface area (Å²) in [5, 5.41) is 3.39. The van der Waals surface area contributed by atoms with E-state index in [0.29, 0.717) is 5.78 Å². The fraction of sp³-hybridized carbons (Fsp3) is 0.900. The number of hydrogen-bond acceptors (Lipinski definition) is 2. The molecule has 0 atom stereocenters. The zero-order valence-electron chi connectivity index (χ0n) is 8.53. The van der Waals surface area contributed by atoms with Crippen LogP contribution in [-0.2, 0) is 4.79 Å². The first-order valence-corrected chi connectivity index (χ1v) is 4.62. The van der Waals surface area contributed by atoms with E-state index in [9.17, 15) is 4.79 Å². The van der Waals surface area contributed by atoms with Gasteiger partial charge in [0, 0.05) is 17.5 Å². The number of nitrogens with one attached hydrogen (secondary N) is 1. The minimum Gasteiger partial charge on any atom is -0.311 e. The number of Topliss-reactive ketones (excluding diaryl/α,β-unsaturated/α-hetero) is 1. The van der Waals surface area contributed by atoms with Crippen molar-refractivity contribution in [3.8, 4) is 0 Å². The largest absolute Gasteiger partial charge is 0.311 e. The van der Waals surface area contributed by atoms with Crippen LogP contribution in [0.3, 0.4) is 0 Å². The Kier molecular flexibility index (Phi) is 2.30. The lowest BCUT2D eigenvalue weighted by Gasteiger charge is -2.23. The topological polar surface area (TPSA) is 29.1 Å². The number of carbonyl (C=O) groups is 1. The molecule has 1 aliphatic carbocycles. The van der Waals surface area contributed by atoms with Crippen molar-refractivity contribution in [2.75, 3.05) is 6.54 Å². The maximum Gasteiger partial charge on any atom is 0.137 e. The fourth-order valence-corrected chi connectivity index (χ4v) is 1.24. The molecular formula is C10H19NO. The van der Waals surface area contributed by atoms with Crippen LogP contribution >= 0.6 is 0 Å². The van der Waals surface area contributed by atoms with Gasteiger partial charge >= 0.3 is 0 Å². The first-order chi connectivity index (χ1) is 5.36.